The van der Waals surface area contributed by atoms with E-state index >= 15 is 0 Å². The van der Waals surface area contributed by atoms with Crippen LogP contribution < -0.4 is 10.2 Å². The zero-order chi connectivity index (χ0) is 20.6. The van der Waals surface area contributed by atoms with E-state index in [-0.39, 0.29) is 11.8 Å². The molecule has 6 nitrogen and oxygen atoms in total. The predicted octanol–water partition coefficient (Wildman–Crippen LogP) is 3.35. The molecule has 0 radical (unpaired) electrons. The number of piperidine rings is 1. The second kappa shape index (κ2) is 10.5. The molecule has 1 amide bonds. The molecule has 0 aliphatic carbocycles. The number of hydrogen-bond acceptors (Lipinski definition) is 5. The van der Waals surface area contributed by atoms with Crippen LogP contribution in [0.5, 0.6) is 0 Å². The van der Waals surface area contributed by atoms with Crippen molar-refractivity contribution in [3.05, 3.63) is 42.7 Å². The quantitative estimate of drug-likeness (QED) is 0.796. The first kappa shape index (κ1) is 20.8. The molecule has 30 heavy (non-hydrogen) atoms. The summed E-state index contributed by atoms with van der Waals surface area (Å²) in [6.45, 7) is 5.65. The zero-order valence-electron chi connectivity index (χ0n) is 17.8. The maximum atomic E-state index is 12.7. The lowest BCUT2D eigenvalue weighted by molar-refractivity contribution is -0.125. The highest BCUT2D eigenvalue weighted by atomic mass is 16.1. The summed E-state index contributed by atoms with van der Waals surface area (Å²) in [5.41, 5.74) is 2.13. The van der Waals surface area contributed by atoms with Crippen LogP contribution in [0.3, 0.4) is 0 Å². The second-order valence-electron chi connectivity index (χ2n) is 8.47. The van der Waals surface area contributed by atoms with Gasteiger partial charge in [0.25, 0.3) is 0 Å². The van der Waals surface area contributed by atoms with Crippen molar-refractivity contribution in [2.75, 3.05) is 44.2 Å². The summed E-state index contributed by atoms with van der Waals surface area (Å²) in [5, 5.41) is 3.17. The first-order valence-electron chi connectivity index (χ1n) is 11.4. The smallest absolute Gasteiger partial charge is 0.225 e. The van der Waals surface area contributed by atoms with E-state index < -0.39 is 0 Å². The van der Waals surface area contributed by atoms with Gasteiger partial charge >= 0.3 is 0 Å². The van der Waals surface area contributed by atoms with E-state index in [9.17, 15) is 4.79 Å². The van der Waals surface area contributed by atoms with E-state index in [1.54, 1.807) is 0 Å². The summed E-state index contributed by atoms with van der Waals surface area (Å²) in [4.78, 5) is 26.5. The molecule has 4 rings (SSSR count). The number of nitrogens with one attached hydrogen (secondary N) is 1. The molecule has 2 fully saturated rings. The molecule has 2 aliphatic heterocycles. The summed E-state index contributed by atoms with van der Waals surface area (Å²) in [6, 6.07) is 10.2. The van der Waals surface area contributed by atoms with Gasteiger partial charge in [-0.05, 0) is 44.3 Å². The molecule has 1 aromatic carbocycles. The van der Waals surface area contributed by atoms with Crippen molar-refractivity contribution in [3.8, 4) is 11.1 Å². The molecule has 1 N–H and O–H groups in total. The van der Waals surface area contributed by atoms with Gasteiger partial charge in [-0.25, -0.2) is 9.97 Å². The Morgan fingerprint density at radius 3 is 2.40 bits per heavy atom. The summed E-state index contributed by atoms with van der Waals surface area (Å²) in [6.07, 6.45) is 10.9. The molecule has 0 bridgehead atoms. The molecular weight excluding hydrogens is 374 g/mol. The second-order valence-corrected chi connectivity index (χ2v) is 8.47. The number of nitrogens with zero attached hydrogens (tertiary/aromatic N) is 4. The van der Waals surface area contributed by atoms with Gasteiger partial charge in [0.1, 0.15) is 0 Å². The molecule has 0 spiro atoms. The van der Waals surface area contributed by atoms with Crippen molar-refractivity contribution < 1.29 is 4.79 Å². The largest absolute Gasteiger partial charge is 0.355 e. The van der Waals surface area contributed by atoms with Crippen molar-refractivity contribution in [2.24, 2.45) is 5.92 Å². The van der Waals surface area contributed by atoms with Crippen molar-refractivity contribution in [1.29, 1.82) is 0 Å². The maximum Gasteiger partial charge on any atom is 0.225 e. The van der Waals surface area contributed by atoms with E-state index in [1.807, 2.05) is 30.6 Å². The monoisotopic (exact) mass is 407 g/mol. The molecule has 3 heterocycles. The van der Waals surface area contributed by atoms with Crippen LogP contribution in [0.2, 0.25) is 0 Å². The number of amides is 1. The van der Waals surface area contributed by atoms with Gasteiger partial charge in [-0.2, -0.15) is 0 Å². The van der Waals surface area contributed by atoms with Gasteiger partial charge in [-0.3, -0.25) is 4.79 Å². The Bertz CT molecular complexity index is 787. The normalized spacial score (nSPS) is 20.5. The SMILES string of the molecule is O=C(NCCN1CCCCCC1)[C@@H]1CCCN(c2ncc(-c3ccccc3)cn2)C1. The van der Waals surface area contributed by atoms with Crippen LogP contribution in [-0.2, 0) is 4.79 Å². The number of hydrogen-bond donors (Lipinski definition) is 1. The van der Waals surface area contributed by atoms with Crippen LogP contribution in [0, 0.1) is 5.92 Å². The van der Waals surface area contributed by atoms with Crippen LogP contribution in [0.4, 0.5) is 5.95 Å². The summed E-state index contributed by atoms with van der Waals surface area (Å²) >= 11 is 0. The molecule has 6 heteroatoms. The third-order valence-corrected chi connectivity index (χ3v) is 6.25. The first-order valence-corrected chi connectivity index (χ1v) is 11.4. The number of aromatic nitrogens is 2. The van der Waals surface area contributed by atoms with Crippen molar-refractivity contribution >= 4 is 11.9 Å². The van der Waals surface area contributed by atoms with E-state index in [2.05, 4.69) is 37.2 Å². The third kappa shape index (κ3) is 5.57. The van der Waals surface area contributed by atoms with Crippen LogP contribution in [0.25, 0.3) is 11.1 Å². The average Bonchev–Trinajstić information content (AvgIpc) is 3.09. The van der Waals surface area contributed by atoms with E-state index in [0.29, 0.717) is 6.54 Å². The Hall–Kier alpha value is -2.47. The summed E-state index contributed by atoms with van der Waals surface area (Å²) in [5.74, 6) is 0.910. The van der Waals surface area contributed by atoms with Gasteiger partial charge in [-0.1, -0.05) is 43.2 Å². The first-order chi connectivity index (χ1) is 14.8. The lowest BCUT2D eigenvalue weighted by Crippen LogP contribution is -2.45. The fraction of sp³-hybridized carbons (Fsp3) is 0.542. The average molecular weight is 408 g/mol. The molecule has 1 aromatic heterocycles. The van der Waals surface area contributed by atoms with Gasteiger partial charge in [0.2, 0.25) is 11.9 Å². The Labute approximate surface area is 179 Å². The van der Waals surface area contributed by atoms with E-state index in [0.717, 1.165) is 49.6 Å². The Kier molecular flexibility index (Phi) is 7.29. The maximum absolute atomic E-state index is 12.7. The third-order valence-electron chi connectivity index (χ3n) is 6.25. The molecule has 0 saturated carbocycles. The van der Waals surface area contributed by atoms with E-state index in [4.69, 9.17) is 0 Å². The van der Waals surface area contributed by atoms with Crippen LogP contribution in [-0.4, -0.2) is 60.0 Å². The molecular formula is C24H33N5O. The lowest BCUT2D eigenvalue weighted by atomic mass is 9.97. The predicted molar refractivity (Wildman–Crippen MR) is 120 cm³/mol. The van der Waals surface area contributed by atoms with Gasteiger partial charge in [-0.15, -0.1) is 0 Å². The fourth-order valence-electron chi connectivity index (χ4n) is 4.48. The zero-order valence-corrected chi connectivity index (χ0v) is 17.8. The Morgan fingerprint density at radius 2 is 1.67 bits per heavy atom. The van der Waals surface area contributed by atoms with Gasteiger partial charge in [0.15, 0.2) is 0 Å². The van der Waals surface area contributed by atoms with Crippen LogP contribution in [0.1, 0.15) is 38.5 Å². The standard InChI is InChI=1S/C24H33N5O/c30-23(25-12-16-28-13-6-1-2-7-14-28)21-11-8-15-29(19-21)24-26-17-22(18-27-24)20-9-4-3-5-10-20/h3-5,9-10,17-18,21H,1-2,6-8,11-16,19H2,(H,25,30)/t21-/m1/s1. The van der Waals surface area contributed by atoms with Gasteiger partial charge in [0.05, 0.1) is 5.92 Å². The van der Waals surface area contributed by atoms with Crippen molar-refractivity contribution in [3.63, 3.8) is 0 Å². The highest BCUT2D eigenvalue weighted by Crippen LogP contribution is 2.23. The summed E-state index contributed by atoms with van der Waals surface area (Å²) in [7, 11) is 0. The molecule has 160 valence electrons. The van der Waals surface area contributed by atoms with E-state index in [1.165, 1.54) is 38.8 Å². The molecule has 2 aromatic rings. The minimum absolute atomic E-state index is 0.0142. The number of carbonyl (C=O) groups is 1. The lowest BCUT2D eigenvalue weighted by Gasteiger charge is -2.32. The molecule has 0 unspecified atom stereocenters. The number of anilines is 1. The van der Waals surface area contributed by atoms with Crippen molar-refractivity contribution in [1.82, 2.24) is 20.2 Å². The molecule has 2 aliphatic rings. The summed E-state index contributed by atoms with van der Waals surface area (Å²) < 4.78 is 0. The van der Waals surface area contributed by atoms with Gasteiger partial charge < -0.3 is 15.1 Å². The van der Waals surface area contributed by atoms with Gasteiger partial charge in [0, 0.05) is 44.1 Å². The number of likely N-dealkylation sites (tertiary alicyclic amines) is 1. The highest BCUT2D eigenvalue weighted by Gasteiger charge is 2.27. The number of carbonyl (C=O) groups excluding carboxylic acids is 1. The highest BCUT2D eigenvalue weighted by molar-refractivity contribution is 5.79. The number of benzene rings is 1. The number of rotatable bonds is 6. The molecule has 1 atom stereocenters. The minimum Gasteiger partial charge on any atom is -0.355 e. The Balaban J connectivity index is 1.27. The van der Waals surface area contributed by atoms with Crippen LogP contribution in [0.15, 0.2) is 42.7 Å². The Morgan fingerprint density at radius 1 is 0.933 bits per heavy atom. The topological polar surface area (TPSA) is 61.4 Å². The van der Waals surface area contributed by atoms with Crippen LogP contribution >= 0.6 is 0 Å². The minimum atomic E-state index is 0.0142. The fourth-order valence-corrected chi connectivity index (χ4v) is 4.48. The van der Waals surface area contributed by atoms with Crippen molar-refractivity contribution in [2.45, 2.75) is 38.5 Å². The molecule has 2 saturated heterocycles.